The van der Waals surface area contributed by atoms with Crippen LogP contribution in [0.3, 0.4) is 0 Å². The average molecular weight is 237 g/mol. The monoisotopic (exact) mass is 237 g/mol. The van der Waals surface area contributed by atoms with Crippen LogP contribution >= 0.6 is 0 Å². The minimum atomic E-state index is -0.722. The highest BCUT2D eigenvalue weighted by Crippen LogP contribution is 2.44. The zero-order valence-corrected chi connectivity index (χ0v) is 10.5. The van der Waals surface area contributed by atoms with Gasteiger partial charge in [-0.1, -0.05) is 18.9 Å². The first-order valence-electron chi connectivity index (χ1n) is 6.77. The van der Waals surface area contributed by atoms with Gasteiger partial charge in [0.25, 0.3) is 0 Å². The number of carbonyl (C=O) groups is 1. The summed E-state index contributed by atoms with van der Waals surface area (Å²) in [6.07, 6.45) is 9.60. The highest BCUT2D eigenvalue weighted by atomic mass is 16.4. The fraction of sp³-hybridized carbons (Fsp3) is 0.786. The maximum absolute atomic E-state index is 10.9. The summed E-state index contributed by atoms with van der Waals surface area (Å²) in [5.41, 5.74) is 0. The number of hydrogen-bond acceptors (Lipinski definition) is 2. The second-order valence-electron chi connectivity index (χ2n) is 5.53. The molecule has 17 heavy (non-hydrogen) atoms. The molecular formula is C14H23NO2. The van der Waals surface area contributed by atoms with Gasteiger partial charge in [0, 0.05) is 12.6 Å². The first-order valence-corrected chi connectivity index (χ1v) is 6.77. The van der Waals surface area contributed by atoms with Crippen LogP contribution in [-0.2, 0) is 4.79 Å². The Hall–Kier alpha value is -0.830. The van der Waals surface area contributed by atoms with Crippen LogP contribution in [0.25, 0.3) is 0 Å². The van der Waals surface area contributed by atoms with Gasteiger partial charge in [0.15, 0.2) is 0 Å². The Balaban J connectivity index is 1.91. The molecule has 3 heteroatoms. The van der Waals surface area contributed by atoms with Gasteiger partial charge in [0.2, 0.25) is 0 Å². The third kappa shape index (κ3) is 3.56. The molecular weight excluding hydrogens is 214 g/mol. The van der Waals surface area contributed by atoms with Gasteiger partial charge in [-0.05, 0) is 37.5 Å². The molecule has 2 atom stereocenters. The molecule has 0 aromatic heterocycles. The van der Waals surface area contributed by atoms with Crippen molar-refractivity contribution in [3.8, 4) is 0 Å². The molecule has 1 N–H and O–H groups in total. The Kier molecular flexibility index (Phi) is 4.21. The lowest BCUT2D eigenvalue weighted by Crippen LogP contribution is -2.42. The van der Waals surface area contributed by atoms with Crippen LogP contribution in [0.2, 0.25) is 0 Å². The van der Waals surface area contributed by atoms with Crippen molar-refractivity contribution in [3.05, 3.63) is 12.7 Å². The lowest BCUT2D eigenvalue weighted by molar-refractivity contribution is -0.139. The van der Waals surface area contributed by atoms with E-state index in [-0.39, 0.29) is 6.54 Å². The molecule has 0 spiro atoms. The summed E-state index contributed by atoms with van der Waals surface area (Å²) >= 11 is 0. The van der Waals surface area contributed by atoms with Crippen LogP contribution in [0.4, 0.5) is 0 Å². The molecule has 0 radical (unpaired) electrons. The summed E-state index contributed by atoms with van der Waals surface area (Å²) in [7, 11) is 0. The zero-order chi connectivity index (χ0) is 12.3. The van der Waals surface area contributed by atoms with E-state index in [2.05, 4.69) is 11.5 Å². The summed E-state index contributed by atoms with van der Waals surface area (Å²) in [5.74, 6) is 1.09. The Labute approximate surface area is 103 Å². The Morgan fingerprint density at radius 3 is 2.65 bits per heavy atom. The Bertz CT molecular complexity index is 286. The Morgan fingerprint density at radius 2 is 2.06 bits per heavy atom. The van der Waals surface area contributed by atoms with Crippen molar-refractivity contribution < 1.29 is 9.90 Å². The van der Waals surface area contributed by atoms with Gasteiger partial charge in [0.1, 0.15) is 0 Å². The number of aliphatic carboxylic acids is 1. The lowest BCUT2D eigenvalue weighted by atomic mass is 9.82. The third-order valence-corrected chi connectivity index (χ3v) is 4.19. The van der Waals surface area contributed by atoms with Crippen molar-refractivity contribution in [2.24, 2.45) is 11.8 Å². The second kappa shape index (κ2) is 5.67. The molecule has 0 aromatic carbocycles. The van der Waals surface area contributed by atoms with Crippen LogP contribution in [0.1, 0.15) is 38.5 Å². The zero-order valence-electron chi connectivity index (χ0n) is 10.5. The minimum Gasteiger partial charge on any atom is -0.480 e. The highest BCUT2D eigenvalue weighted by Gasteiger charge is 2.36. The van der Waals surface area contributed by atoms with Crippen molar-refractivity contribution in [2.75, 3.05) is 13.1 Å². The molecule has 0 heterocycles. The van der Waals surface area contributed by atoms with Gasteiger partial charge in [-0.3, -0.25) is 9.69 Å². The number of hydrogen-bond donors (Lipinski definition) is 1. The summed E-state index contributed by atoms with van der Waals surface area (Å²) in [6, 6.07) is 0.462. The molecule has 0 saturated heterocycles. The maximum Gasteiger partial charge on any atom is 0.317 e. The van der Waals surface area contributed by atoms with Crippen molar-refractivity contribution in [2.45, 2.75) is 44.6 Å². The van der Waals surface area contributed by atoms with E-state index < -0.39 is 5.97 Å². The molecule has 0 aromatic rings. The van der Waals surface area contributed by atoms with E-state index in [9.17, 15) is 4.79 Å². The minimum absolute atomic E-state index is 0.161. The van der Waals surface area contributed by atoms with E-state index in [1.807, 2.05) is 6.08 Å². The predicted molar refractivity (Wildman–Crippen MR) is 67.9 cm³/mol. The van der Waals surface area contributed by atoms with Crippen LogP contribution in [0.5, 0.6) is 0 Å². The number of rotatable bonds is 6. The van der Waals surface area contributed by atoms with Gasteiger partial charge < -0.3 is 5.11 Å². The van der Waals surface area contributed by atoms with Crippen LogP contribution in [-0.4, -0.2) is 35.1 Å². The molecule has 96 valence electrons. The highest BCUT2D eigenvalue weighted by molar-refractivity contribution is 5.69. The van der Waals surface area contributed by atoms with E-state index >= 15 is 0 Å². The van der Waals surface area contributed by atoms with Crippen LogP contribution in [0, 0.1) is 11.8 Å². The maximum atomic E-state index is 10.9. The molecule has 2 saturated carbocycles. The summed E-state index contributed by atoms with van der Waals surface area (Å²) in [5, 5.41) is 8.95. The number of nitrogens with zero attached hydrogens (tertiary/aromatic N) is 1. The van der Waals surface area contributed by atoms with E-state index in [0.717, 1.165) is 18.3 Å². The van der Waals surface area contributed by atoms with Crippen molar-refractivity contribution >= 4 is 5.97 Å². The van der Waals surface area contributed by atoms with Crippen molar-refractivity contribution in [1.29, 1.82) is 0 Å². The van der Waals surface area contributed by atoms with Crippen molar-refractivity contribution in [3.63, 3.8) is 0 Å². The lowest BCUT2D eigenvalue weighted by Gasteiger charge is -2.36. The molecule has 2 rings (SSSR count). The third-order valence-electron chi connectivity index (χ3n) is 4.19. The van der Waals surface area contributed by atoms with Gasteiger partial charge in [-0.15, -0.1) is 6.58 Å². The van der Waals surface area contributed by atoms with E-state index in [1.54, 1.807) is 0 Å². The average Bonchev–Trinajstić information content (AvgIpc) is 3.12. The molecule has 0 bridgehead atoms. The van der Waals surface area contributed by atoms with E-state index in [0.29, 0.717) is 12.6 Å². The fourth-order valence-corrected chi connectivity index (χ4v) is 3.21. The molecule has 2 fully saturated rings. The van der Waals surface area contributed by atoms with Crippen molar-refractivity contribution in [1.82, 2.24) is 4.90 Å². The molecule has 0 amide bonds. The van der Waals surface area contributed by atoms with Gasteiger partial charge >= 0.3 is 5.97 Å². The quantitative estimate of drug-likeness (QED) is 0.722. The molecule has 2 aliphatic rings. The normalized spacial score (nSPS) is 29.2. The van der Waals surface area contributed by atoms with Crippen LogP contribution < -0.4 is 0 Å². The smallest absolute Gasteiger partial charge is 0.317 e. The molecule has 3 nitrogen and oxygen atoms in total. The summed E-state index contributed by atoms with van der Waals surface area (Å²) in [4.78, 5) is 13.0. The summed E-state index contributed by atoms with van der Waals surface area (Å²) in [6.45, 7) is 4.60. The van der Waals surface area contributed by atoms with E-state index in [4.69, 9.17) is 5.11 Å². The SMILES string of the molecule is C=CCN(CC(=O)O)C1CCCC(C2CC2)C1. The number of carboxylic acid groups (broad SMARTS) is 1. The standard InChI is InChI=1S/C14H23NO2/c1-2-8-15(10-14(16)17)13-5-3-4-12(9-13)11-6-7-11/h2,11-13H,1,3-10H2,(H,16,17). The first kappa shape index (κ1) is 12.6. The Morgan fingerprint density at radius 1 is 1.29 bits per heavy atom. The largest absolute Gasteiger partial charge is 0.480 e. The molecule has 2 unspecified atom stereocenters. The fourth-order valence-electron chi connectivity index (χ4n) is 3.21. The first-order chi connectivity index (χ1) is 8.20. The van der Waals surface area contributed by atoms with Crippen LogP contribution in [0.15, 0.2) is 12.7 Å². The predicted octanol–water partition coefficient (Wildman–Crippen LogP) is 2.53. The van der Waals surface area contributed by atoms with Gasteiger partial charge in [0.05, 0.1) is 6.54 Å². The van der Waals surface area contributed by atoms with Gasteiger partial charge in [-0.2, -0.15) is 0 Å². The molecule has 2 aliphatic carbocycles. The number of carboxylic acids is 1. The summed E-state index contributed by atoms with van der Waals surface area (Å²) < 4.78 is 0. The van der Waals surface area contributed by atoms with E-state index in [1.165, 1.54) is 32.1 Å². The topological polar surface area (TPSA) is 40.5 Å². The second-order valence-corrected chi connectivity index (χ2v) is 5.53. The molecule has 0 aliphatic heterocycles. The van der Waals surface area contributed by atoms with Gasteiger partial charge in [-0.25, -0.2) is 0 Å².